The predicted octanol–water partition coefficient (Wildman–Crippen LogP) is 5.04. The fourth-order valence-electron chi connectivity index (χ4n) is 5.18. The van der Waals surface area contributed by atoms with Crippen LogP contribution in [0.2, 0.25) is 0 Å². The Balaban J connectivity index is 1.61. The molecule has 0 unspecified atom stereocenters. The number of thioether (sulfide) groups is 1. The number of benzene rings is 4. The lowest BCUT2D eigenvalue weighted by atomic mass is 9.84. The molecule has 0 aliphatic rings. The van der Waals surface area contributed by atoms with Crippen molar-refractivity contribution < 1.29 is 19.5 Å². The smallest absolute Gasteiger partial charge is 0.327 e. The highest BCUT2D eigenvalue weighted by Gasteiger charge is 2.39. The minimum atomic E-state index is -1.28. The molecule has 4 aromatic rings. The molecule has 0 bridgehead atoms. The molecule has 2 amide bonds. The molecule has 4 aromatic carbocycles. The first kappa shape index (κ1) is 33.8. The van der Waals surface area contributed by atoms with Crippen LogP contribution < -0.4 is 16.4 Å². The summed E-state index contributed by atoms with van der Waals surface area (Å²) in [5.74, 6) is -2.14. The molecule has 45 heavy (non-hydrogen) atoms. The van der Waals surface area contributed by atoms with Gasteiger partial charge in [-0.05, 0) is 36.1 Å². The number of carbonyl (C=O) groups excluding carboxylic acids is 2. The average Bonchev–Trinajstić information content (AvgIpc) is 3.04. The number of nitrogens with one attached hydrogen (secondary N) is 2. The molecule has 0 aliphatic carbocycles. The van der Waals surface area contributed by atoms with Crippen LogP contribution >= 0.6 is 24.4 Å². The van der Waals surface area contributed by atoms with Crippen LogP contribution in [0.3, 0.4) is 0 Å². The molecule has 0 spiro atoms. The van der Waals surface area contributed by atoms with E-state index in [0.717, 1.165) is 22.3 Å². The van der Waals surface area contributed by atoms with E-state index >= 15 is 0 Å². The highest BCUT2D eigenvalue weighted by Crippen LogP contribution is 2.48. The first-order valence-corrected chi connectivity index (χ1v) is 16.1. The van der Waals surface area contributed by atoms with Crippen LogP contribution in [0.4, 0.5) is 0 Å². The van der Waals surface area contributed by atoms with E-state index < -0.39 is 45.4 Å². The van der Waals surface area contributed by atoms with Gasteiger partial charge in [0.1, 0.15) is 12.1 Å². The van der Waals surface area contributed by atoms with E-state index in [-0.39, 0.29) is 12.2 Å². The lowest BCUT2D eigenvalue weighted by molar-refractivity contribution is -0.143. The van der Waals surface area contributed by atoms with Gasteiger partial charge in [-0.15, -0.1) is 11.8 Å². The second-order valence-corrected chi connectivity index (χ2v) is 13.8. The van der Waals surface area contributed by atoms with Crippen molar-refractivity contribution in [1.82, 2.24) is 10.6 Å². The molecule has 0 heterocycles. The summed E-state index contributed by atoms with van der Waals surface area (Å²) in [4.78, 5) is 39.0. The number of carboxylic acid groups (broad SMARTS) is 1. The van der Waals surface area contributed by atoms with Crippen LogP contribution in [0, 0.1) is 0 Å². The van der Waals surface area contributed by atoms with Gasteiger partial charge in [0.05, 0.1) is 10.8 Å². The first-order chi connectivity index (χ1) is 21.5. The Kier molecular flexibility index (Phi) is 11.5. The number of nitrogens with two attached hydrogens (primary N) is 1. The van der Waals surface area contributed by atoms with Crippen molar-refractivity contribution in [3.05, 3.63) is 144 Å². The van der Waals surface area contributed by atoms with Crippen LogP contribution in [0.15, 0.2) is 121 Å². The van der Waals surface area contributed by atoms with E-state index in [2.05, 4.69) is 59.7 Å². The number of aliphatic carboxylic acids is 1. The molecule has 0 saturated carbocycles. The highest BCUT2D eigenvalue weighted by molar-refractivity contribution is 8.00. The minimum Gasteiger partial charge on any atom is -0.480 e. The van der Waals surface area contributed by atoms with Gasteiger partial charge >= 0.3 is 5.97 Å². The minimum absolute atomic E-state index is 0.152. The van der Waals surface area contributed by atoms with Gasteiger partial charge in [-0.25, -0.2) is 4.79 Å². The van der Waals surface area contributed by atoms with E-state index in [9.17, 15) is 19.5 Å². The Hall–Kier alpha value is -4.05. The summed E-state index contributed by atoms with van der Waals surface area (Å²) in [6.45, 7) is 3.21. The van der Waals surface area contributed by atoms with Crippen LogP contribution in [-0.4, -0.2) is 51.5 Å². The van der Waals surface area contributed by atoms with Crippen molar-refractivity contribution in [2.24, 2.45) is 5.73 Å². The largest absolute Gasteiger partial charge is 0.480 e. The summed E-state index contributed by atoms with van der Waals surface area (Å²) in [5.41, 5.74) is 10.5. The number of carboxylic acids is 1. The molecule has 0 saturated heterocycles. The molecule has 7 nitrogen and oxygen atoms in total. The maximum absolute atomic E-state index is 13.6. The molecule has 234 valence electrons. The lowest BCUT2D eigenvalue weighted by Crippen LogP contribution is -2.59. The lowest BCUT2D eigenvalue weighted by Gasteiger charge is -2.36. The van der Waals surface area contributed by atoms with Crippen LogP contribution in [-0.2, 0) is 25.6 Å². The van der Waals surface area contributed by atoms with Crippen LogP contribution in [0.25, 0.3) is 0 Å². The molecule has 0 aliphatic heterocycles. The van der Waals surface area contributed by atoms with E-state index in [0.29, 0.717) is 0 Å². The van der Waals surface area contributed by atoms with Gasteiger partial charge in [0.2, 0.25) is 11.8 Å². The summed E-state index contributed by atoms with van der Waals surface area (Å²) in [5, 5.41) is 15.1. The summed E-state index contributed by atoms with van der Waals surface area (Å²) < 4.78 is -1.72. The molecule has 0 aromatic heterocycles. The fourth-order valence-corrected chi connectivity index (χ4v) is 6.84. The number of rotatable bonds is 14. The number of hydrogen-bond acceptors (Lipinski definition) is 6. The van der Waals surface area contributed by atoms with Crippen molar-refractivity contribution in [2.75, 3.05) is 5.75 Å². The quantitative estimate of drug-likeness (QED) is 0.0972. The molecule has 0 fully saturated rings. The van der Waals surface area contributed by atoms with E-state index in [4.69, 9.17) is 5.73 Å². The zero-order chi connectivity index (χ0) is 32.5. The Morgan fingerprint density at radius 3 is 1.56 bits per heavy atom. The van der Waals surface area contributed by atoms with Crippen LogP contribution in [0.5, 0.6) is 0 Å². The number of thiol groups is 1. The summed E-state index contributed by atoms with van der Waals surface area (Å²) >= 11 is 5.92. The monoisotopic (exact) mass is 641 g/mol. The molecule has 0 radical (unpaired) electrons. The van der Waals surface area contributed by atoms with Crippen molar-refractivity contribution in [2.45, 2.75) is 47.9 Å². The summed E-state index contributed by atoms with van der Waals surface area (Å²) in [7, 11) is 0. The van der Waals surface area contributed by atoms with Gasteiger partial charge in [-0.2, -0.15) is 12.6 Å². The van der Waals surface area contributed by atoms with E-state index in [1.165, 1.54) is 0 Å². The zero-order valence-electron chi connectivity index (χ0n) is 25.3. The third kappa shape index (κ3) is 8.57. The second-order valence-electron chi connectivity index (χ2n) is 11.4. The van der Waals surface area contributed by atoms with E-state index in [1.807, 2.05) is 84.9 Å². The normalized spacial score (nSPS) is 13.7. The highest BCUT2D eigenvalue weighted by atomic mass is 32.2. The maximum atomic E-state index is 13.6. The molecule has 3 atom stereocenters. The Bertz CT molecular complexity index is 1450. The predicted molar refractivity (Wildman–Crippen MR) is 184 cm³/mol. The SMILES string of the molecule is CC(C)(S)[C@@H](NC(=O)[C@H](Cc1ccccc1)NC(=O)[C@H](N)CSC(c1ccccc1)(c1ccccc1)c1ccccc1)C(=O)O. The fraction of sp³-hybridized carbons (Fsp3) is 0.250. The van der Waals surface area contributed by atoms with Crippen molar-refractivity contribution >= 4 is 42.2 Å². The van der Waals surface area contributed by atoms with Gasteiger partial charge in [0, 0.05) is 16.9 Å². The van der Waals surface area contributed by atoms with Crippen LogP contribution in [0.1, 0.15) is 36.1 Å². The Morgan fingerprint density at radius 1 is 0.733 bits per heavy atom. The maximum Gasteiger partial charge on any atom is 0.327 e. The van der Waals surface area contributed by atoms with Gasteiger partial charge in [0.25, 0.3) is 0 Å². The number of amides is 2. The number of hydrogen-bond donors (Lipinski definition) is 5. The van der Waals surface area contributed by atoms with Crippen molar-refractivity contribution in [3.8, 4) is 0 Å². The third-order valence-corrected chi connectivity index (χ3v) is 9.44. The Labute approximate surface area is 274 Å². The molecule has 9 heteroatoms. The molecule has 5 N–H and O–H groups in total. The number of carbonyl (C=O) groups is 3. The van der Waals surface area contributed by atoms with E-state index in [1.54, 1.807) is 25.6 Å². The summed E-state index contributed by atoms with van der Waals surface area (Å²) in [6.07, 6.45) is 0.152. The topological polar surface area (TPSA) is 122 Å². The Morgan fingerprint density at radius 2 is 1.16 bits per heavy atom. The standard InChI is InChI=1S/C36H39N3O4S2/c1-35(2,44)31(34(42)43)39-33(41)30(23-25-15-7-3-8-16-25)38-32(40)29(37)24-45-36(26-17-9-4-10-18-26,27-19-11-5-12-20-27)28-21-13-6-14-22-28/h3-22,29-31,44H,23-24,37H2,1-2H3,(H,38,40)(H,39,41)(H,42,43)/t29-,30+,31+/m1/s1. The van der Waals surface area contributed by atoms with Crippen molar-refractivity contribution in [1.29, 1.82) is 0 Å². The second kappa shape index (κ2) is 15.3. The zero-order valence-corrected chi connectivity index (χ0v) is 27.0. The average molecular weight is 642 g/mol. The molecular formula is C36H39N3O4S2. The first-order valence-electron chi connectivity index (χ1n) is 14.7. The molecular weight excluding hydrogens is 603 g/mol. The van der Waals surface area contributed by atoms with Gasteiger partial charge in [-0.3, -0.25) is 9.59 Å². The van der Waals surface area contributed by atoms with Crippen molar-refractivity contribution in [3.63, 3.8) is 0 Å². The third-order valence-electron chi connectivity index (χ3n) is 7.51. The van der Waals surface area contributed by atoms with Gasteiger partial charge in [0.15, 0.2) is 0 Å². The van der Waals surface area contributed by atoms with Gasteiger partial charge in [-0.1, -0.05) is 121 Å². The summed E-state index contributed by atoms with van der Waals surface area (Å²) in [6, 6.07) is 36.2. The molecule has 4 rings (SSSR count). The van der Waals surface area contributed by atoms with Gasteiger partial charge < -0.3 is 21.5 Å².